The quantitative estimate of drug-likeness (QED) is 0.245. The van der Waals surface area contributed by atoms with Crippen LogP contribution in [0.4, 0.5) is 17.1 Å². The summed E-state index contributed by atoms with van der Waals surface area (Å²) in [7, 11) is -2.68. The van der Waals surface area contributed by atoms with Crippen LogP contribution in [0.5, 0.6) is 5.75 Å². The maximum absolute atomic E-state index is 13.1. The molecular weight excluding hydrogens is 500 g/mol. The Balaban J connectivity index is 1.96. The third kappa shape index (κ3) is 5.62. The molecule has 0 radical (unpaired) electrons. The van der Waals surface area contributed by atoms with Crippen molar-refractivity contribution in [2.45, 2.75) is 11.8 Å². The zero-order valence-electron chi connectivity index (χ0n) is 17.1. The first-order chi connectivity index (χ1) is 15.2. The van der Waals surface area contributed by atoms with Crippen LogP contribution in [0, 0.1) is 10.1 Å². The van der Waals surface area contributed by atoms with Gasteiger partial charge in [-0.1, -0.05) is 28.1 Å². The van der Waals surface area contributed by atoms with E-state index in [1.165, 1.54) is 31.4 Å². The van der Waals surface area contributed by atoms with Gasteiger partial charge in [-0.15, -0.1) is 0 Å². The van der Waals surface area contributed by atoms with Crippen LogP contribution in [-0.4, -0.2) is 26.2 Å². The summed E-state index contributed by atoms with van der Waals surface area (Å²) < 4.78 is 34.5. The number of methoxy groups -OCH3 is 1. The topological polar surface area (TPSA) is 123 Å². The van der Waals surface area contributed by atoms with Gasteiger partial charge in [0.1, 0.15) is 10.6 Å². The van der Waals surface area contributed by atoms with Crippen LogP contribution in [0.2, 0.25) is 0 Å². The molecule has 0 heterocycles. The Kier molecular flexibility index (Phi) is 7.11. The van der Waals surface area contributed by atoms with E-state index in [0.29, 0.717) is 11.5 Å². The smallest absolute Gasteiger partial charge is 0.270 e. The molecule has 0 aliphatic heterocycles. The van der Waals surface area contributed by atoms with Gasteiger partial charge in [0, 0.05) is 22.3 Å². The van der Waals surface area contributed by atoms with E-state index >= 15 is 0 Å². The second-order valence-electron chi connectivity index (χ2n) is 6.59. The van der Waals surface area contributed by atoms with E-state index in [4.69, 9.17) is 4.74 Å². The Morgan fingerprint density at radius 2 is 1.81 bits per heavy atom. The van der Waals surface area contributed by atoms with Gasteiger partial charge in [0.05, 0.1) is 23.4 Å². The fourth-order valence-corrected chi connectivity index (χ4v) is 4.37. The zero-order valence-corrected chi connectivity index (χ0v) is 19.5. The summed E-state index contributed by atoms with van der Waals surface area (Å²) in [6.45, 7) is 1.75. The van der Waals surface area contributed by atoms with E-state index in [9.17, 15) is 18.5 Å². The summed E-state index contributed by atoms with van der Waals surface area (Å²) in [6, 6.07) is 17.2. The molecule has 0 saturated carbocycles. The van der Waals surface area contributed by atoms with Crippen LogP contribution in [0.15, 0.2) is 81.2 Å². The van der Waals surface area contributed by atoms with Gasteiger partial charge in [0.15, 0.2) is 0 Å². The number of nitrogens with one attached hydrogen (secondary N) is 2. The normalized spacial score (nSPS) is 11.7. The maximum atomic E-state index is 13.1. The number of ether oxygens (including phenoxy) is 1. The number of non-ortho nitro benzene ring substituents is 1. The molecule has 0 unspecified atom stereocenters. The first kappa shape index (κ1) is 23.2. The van der Waals surface area contributed by atoms with Crippen molar-refractivity contribution in [2.75, 3.05) is 17.3 Å². The van der Waals surface area contributed by atoms with Gasteiger partial charge < -0.3 is 4.74 Å². The highest BCUT2D eigenvalue weighted by atomic mass is 79.9. The van der Waals surface area contributed by atoms with Gasteiger partial charge >= 0.3 is 0 Å². The van der Waals surface area contributed by atoms with Crippen LogP contribution in [-0.2, 0) is 10.0 Å². The number of hydrazone groups is 1. The van der Waals surface area contributed by atoms with Gasteiger partial charge in [0.25, 0.3) is 15.7 Å². The minimum absolute atomic E-state index is 0.0889. The van der Waals surface area contributed by atoms with E-state index in [-0.39, 0.29) is 22.0 Å². The molecule has 32 heavy (non-hydrogen) atoms. The number of anilines is 2. The Morgan fingerprint density at radius 3 is 2.44 bits per heavy atom. The van der Waals surface area contributed by atoms with Crippen molar-refractivity contribution in [2.24, 2.45) is 5.10 Å². The van der Waals surface area contributed by atoms with Crippen LogP contribution in [0.25, 0.3) is 0 Å². The Hall–Kier alpha value is -3.44. The highest BCUT2D eigenvalue weighted by Gasteiger charge is 2.23. The Labute approximate surface area is 193 Å². The number of nitro groups is 1. The molecule has 3 aromatic rings. The molecule has 0 fully saturated rings. The van der Waals surface area contributed by atoms with Crippen molar-refractivity contribution in [3.8, 4) is 5.75 Å². The minimum atomic E-state index is -4.17. The third-order valence-electron chi connectivity index (χ3n) is 4.39. The van der Waals surface area contributed by atoms with Gasteiger partial charge in [-0.3, -0.25) is 20.3 Å². The lowest BCUT2D eigenvalue weighted by Crippen LogP contribution is -2.15. The second kappa shape index (κ2) is 9.79. The molecular formula is C21H19BrN4O5S. The SMILES string of the molecule is COc1ccc(NS(=O)(=O)c2cc([N+](=O)[O-])ccc2NN=C(C)c2cccc(Br)c2)cc1. The Morgan fingerprint density at radius 1 is 1.09 bits per heavy atom. The first-order valence-electron chi connectivity index (χ1n) is 9.21. The molecule has 0 bridgehead atoms. The van der Waals surface area contributed by atoms with Gasteiger partial charge in [-0.2, -0.15) is 5.10 Å². The molecule has 0 aliphatic carbocycles. The minimum Gasteiger partial charge on any atom is -0.497 e. The van der Waals surface area contributed by atoms with E-state index in [0.717, 1.165) is 16.1 Å². The standard InChI is InChI=1S/C21H19BrN4O5S/c1-14(15-4-3-5-16(22)12-15)23-24-20-11-8-18(26(27)28)13-21(20)32(29,30)25-17-6-9-19(31-2)10-7-17/h3-13,24-25H,1-2H3. The van der Waals surface area contributed by atoms with Crippen LogP contribution >= 0.6 is 15.9 Å². The van der Waals surface area contributed by atoms with Crippen LogP contribution in [0.3, 0.4) is 0 Å². The monoisotopic (exact) mass is 518 g/mol. The van der Waals surface area contributed by atoms with Gasteiger partial charge in [-0.05, 0) is 55.0 Å². The number of rotatable bonds is 8. The van der Waals surface area contributed by atoms with Crippen molar-refractivity contribution in [1.82, 2.24) is 0 Å². The molecule has 11 heteroatoms. The second-order valence-corrected chi connectivity index (χ2v) is 9.16. The molecule has 3 rings (SSSR count). The van der Waals surface area contributed by atoms with Crippen molar-refractivity contribution in [1.29, 1.82) is 0 Å². The van der Waals surface area contributed by atoms with Crippen LogP contribution in [0.1, 0.15) is 12.5 Å². The molecule has 0 atom stereocenters. The Bertz CT molecular complexity index is 1280. The molecule has 0 amide bonds. The largest absolute Gasteiger partial charge is 0.497 e. The third-order valence-corrected chi connectivity index (χ3v) is 6.31. The fourth-order valence-electron chi connectivity index (χ4n) is 2.73. The van der Waals surface area contributed by atoms with Crippen LogP contribution < -0.4 is 14.9 Å². The maximum Gasteiger partial charge on any atom is 0.270 e. The first-order valence-corrected chi connectivity index (χ1v) is 11.5. The molecule has 0 aromatic heterocycles. The molecule has 0 spiro atoms. The number of halogens is 1. The molecule has 3 aromatic carbocycles. The van der Waals surface area contributed by atoms with Gasteiger partial charge in [0.2, 0.25) is 0 Å². The lowest BCUT2D eigenvalue weighted by atomic mass is 10.1. The number of sulfonamides is 1. The lowest BCUT2D eigenvalue weighted by Gasteiger charge is -2.13. The molecule has 0 aliphatic rings. The number of hydrogen-bond acceptors (Lipinski definition) is 7. The average molecular weight is 519 g/mol. The van der Waals surface area contributed by atoms with Gasteiger partial charge in [-0.25, -0.2) is 8.42 Å². The van der Waals surface area contributed by atoms with Crippen molar-refractivity contribution < 1.29 is 18.1 Å². The molecule has 166 valence electrons. The average Bonchev–Trinajstić information content (AvgIpc) is 2.77. The van der Waals surface area contributed by atoms with Crippen molar-refractivity contribution in [3.05, 3.63) is 86.9 Å². The summed E-state index contributed by atoms with van der Waals surface area (Å²) >= 11 is 3.39. The number of nitrogens with zero attached hydrogens (tertiary/aromatic N) is 2. The molecule has 0 saturated heterocycles. The summed E-state index contributed by atoms with van der Waals surface area (Å²) in [4.78, 5) is 10.3. The highest BCUT2D eigenvalue weighted by Crippen LogP contribution is 2.29. The number of hydrogen-bond donors (Lipinski definition) is 2. The summed E-state index contributed by atoms with van der Waals surface area (Å²) in [5, 5.41) is 15.5. The number of benzene rings is 3. The highest BCUT2D eigenvalue weighted by molar-refractivity contribution is 9.10. The molecule has 2 N–H and O–H groups in total. The zero-order chi connectivity index (χ0) is 23.3. The van der Waals surface area contributed by atoms with Crippen molar-refractivity contribution in [3.63, 3.8) is 0 Å². The summed E-state index contributed by atoms with van der Waals surface area (Å²) in [5.41, 5.74) is 4.13. The molecule has 9 nitrogen and oxygen atoms in total. The summed E-state index contributed by atoms with van der Waals surface area (Å²) in [6.07, 6.45) is 0. The van der Waals surface area contributed by atoms with E-state index in [1.807, 2.05) is 24.3 Å². The van der Waals surface area contributed by atoms with Crippen molar-refractivity contribution >= 4 is 48.7 Å². The van der Waals surface area contributed by atoms with E-state index in [1.54, 1.807) is 19.1 Å². The predicted molar refractivity (Wildman–Crippen MR) is 127 cm³/mol. The fraction of sp³-hybridized carbons (Fsp3) is 0.0952. The van der Waals surface area contributed by atoms with E-state index in [2.05, 4.69) is 31.2 Å². The van der Waals surface area contributed by atoms with E-state index < -0.39 is 14.9 Å². The lowest BCUT2D eigenvalue weighted by molar-refractivity contribution is -0.385. The summed E-state index contributed by atoms with van der Waals surface area (Å²) in [5.74, 6) is 0.558. The predicted octanol–water partition coefficient (Wildman–Crippen LogP) is 5.00. The number of nitro benzene ring substituents is 1.